The van der Waals surface area contributed by atoms with Crippen molar-refractivity contribution in [1.82, 2.24) is 9.88 Å². The highest BCUT2D eigenvalue weighted by Crippen LogP contribution is 2.22. The molecule has 1 aliphatic heterocycles. The van der Waals surface area contributed by atoms with Gasteiger partial charge in [0.25, 0.3) is 5.91 Å². The fourth-order valence-corrected chi connectivity index (χ4v) is 3.68. The van der Waals surface area contributed by atoms with E-state index in [1.165, 1.54) is 5.56 Å². The molecule has 0 atom stereocenters. The number of hydrogen-bond acceptors (Lipinski definition) is 3. The fourth-order valence-electron chi connectivity index (χ4n) is 3.68. The molecule has 1 aromatic carbocycles. The first-order valence-electron chi connectivity index (χ1n) is 10.1. The van der Waals surface area contributed by atoms with Gasteiger partial charge in [-0.1, -0.05) is 25.1 Å². The third-order valence-electron chi connectivity index (χ3n) is 5.43. The quantitative estimate of drug-likeness (QED) is 0.755. The predicted molar refractivity (Wildman–Crippen MR) is 109 cm³/mol. The summed E-state index contributed by atoms with van der Waals surface area (Å²) in [6.45, 7) is 9.42. The van der Waals surface area contributed by atoms with Gasteiger partial charge in [-0.15, -0.1) is 0 Å². The zero-order valence-electron chi connectivity index (χ0n) is 16.7. The maximum absolute atomic E-state index is 13.1. The van der Waals surface area contributed by atoms with Crippen molar-refractivity contribution in [1.29, 1.82) is 0 Å². The molecule has 1 fully saturated rings. The second-order valence-corrected chi connectivity index (χ2v) is 7.29. The van der Waals surface area contributed by atoms with Gasteiger partial charge in [0.05, 0.1) is 5.69 Å². The molecule has 0 aliphatic carbocycles. The van der Waals surface area contributed by atoms with E-state index in [-0.39, 0.29) is 5.91 Å². The molecule has 0 bridgehead atoms. The number of pyridine rings is 1. The van der Waals surface area contributed by atoms with Crippen molar-refractivity contribution < 1.29 is 9.53 Å². The zero-order valence-corrected chi connectivity index (χ0v) is 16.7. The van der Waals surface area contributed by atoms with Crippen molar-refractivity contribution in [3.05, 3.63) is 53.2 Å². The summed E-state index contributed by atoms with van der Waals surface area (Å²) in [4.78, 5) is 19.8. The highest BCUT2D eigenvalue weighted by molar-refractivity contribution is 5.95. The molecule has 0 radical (unpaired) electrons. The van der Waals surface area contributed by atoms with Crippen LogP contribution in [0.25, 0.3) is 11.3 Å². The molecule has 1 saturated heterocycles. The summed E-state index contributed by atoms with van der Waals surface area (Å²) in [6.07, 6.45) is 2.99. The van der Waals surface area contributed by atoms with E-state index in [0.29, 0.717) is 5.92 Å². The van der Waals surface area contributed by atoms with Crippen molar-refractivity contribution in [2.75, 3.05) is 26.3 Å². The predicted octanol–water partition coefficient (Wildman–Crippen LogP) is 4.51. The summed E-state index contributed by atoms with van der Waals surface area (Å²) in [5, 5.41) is 0. The molecule has 4 heteroatoms. The molecule has 2 heterocycles. The number of aryl methyl sites for hydroxylation is 2. The Hall–Kier alpha value is -2.20. The van der Waals surface area contributed by atoms with Gasteiger partial charge in [-0.3, -0.25) is 9.78 Å². The van der Waals surface area contributed by atoms with Crippen LogP contribution in [0.3, 0.4) is 0 Å². The van der Waals surface area contributed by atoms with Crippen LogP contribution < -0.4 is 0 Å². The smallest absolute Gasteiger partial charge is 0.253 e. The first-order valence-corrected chi connectivity index (χ1v) is 10.1. The van der Waals surface area contributed by atoms with Gasteiger partial charge in [-0.2, -0.15) is 0 Å². The SMILES string of the molecule is CCc1nc(-c2cccc(C(=O)N(CC)CC3CCOCC3)c2)ccc1C. The van der Waals surface area contributed by atoms with Crippen LogP contribution in [0.4, 0.5) is 0 Å². The molecule has 0 saturated carbocycles. The third kappa shape index (κ3) is 4.75. The Labute approximate surface area is 162 Å². The van der Waals surface area contributed by atoms with Crippen LogP contribution in [-0.4, -0.2) is 42.1 Å². The number of benzene rings is 1. The number of ether oxygens (including phenoxy) is 1. The monoisotopic (exact) mass is 366 g/mol. The number of amides is 1. The van der Waals surface area contributed by atoms with Crippen LogP contribution in [0.5, 0.6) is 0 Å². The largest absolute Gasteiger partial charge is 0.381 e. The maximum atomic E-state index is 13.1. The van der Waals surface area contributed by atoms with Crippen LogP contribution >= 0.6 is 0 Å². The molecule has 4 nitrogen and oxygen atoms in total. The van der Waals surface area contributed by atoms with Crippen molar-refractivity contribution in [3.8, 4) is 11.3 Å². The van der Waals surface area contributed by atoms with E-state index >= 15 is 0 Å². The highest BCUT2D eigenvalue weighted by atomic mass is 16.5. The molecule has 27 heavy (non-hydrogen) atoms. The van der Waals surface area contributed by atoms with Gasteiger partial charge in [-0.25, -0.2) is 0 Å². The van der Waals surface area contributed by atoms with E-state index in [9.17, 15) is 4.79 Å². The Morgan fingerprint density at radius 2 is 1.96 bits per heavy atom. The van der Waals surface area contributed by atoms with Gasteiger partial charge in [-0.05, 0) is 62.8 Å². The Morgan fingerprint density at radius 1 is 1.19 bits per heavy atom. The van der Waals surface area contributed by atoms with E-state index in [0.717, 1.165) is 68.1 Å². The standard InChI is InChI=1S/C23H30N2O2/c1-4-21-17(3)9-10-22(24-21)19-7-6-8-20(15-19)23(26)25(5-2)16-18-11-13-27-14-12-18/h6-10,15,18H,4-5,11-14,16H2,1-3H3. The molecule has 144 valence electrons. The molecule has 0 unspecified atom stereocenters. The van der Waals surface area contributed by atoms with Crippen LogP contribution in [-0.2, 0) is 11.2 Å². The second-order valence-electron chi connectivity index (χ2n) is 7.29. The molecule has 1 aromatic heterocycles. The highest BCUT2D eigenvalue weighted by Gasteiger charge is 2.21. The summed E-state index contributed by atoms with van der Waals surface area (Å²) in [5.74, 6) is 0.644. The van der Waals surface area contributed by atoms with Gasteiger partial charge in [0.15, 0.2) is 0 Å². The molecular formula is C23H30N2O2. The summed E-state index contributed by atoms with van der Waals surface area (Å²) in [6, 6.07) is 12.0. The fraction of sp³-hybridized carbons (Fsp3) is 0.478. The average molecular weight is 367 g/mol. The van der Waals surface area contributed by atoms with Crippen LogP contribution in [0, 0.1) is 12.8 Å². The van der Waals surface area contributed by atoms with Gasteiger partial charge in [0.2, 0.25) is 0 Å². The lowest BCUT2D eigenvalue weighted by molar-refractivity contribution is 0.0467. The summed E-state index contributed by atoms with van der Waals surface area (Å²) < 4.78 is 5.44. The number of nitrogens with zero attached hydrogens (tertiary/aromatic N) is 2. The van der Waals surface area contributed by atoms with E-state index < -0.39 is 0 Å². The van der Waals surface area contributed by atoms with Crippen LogP contribution in [0.2, 0.25) is 0 Å². The molecule has 3 rings (SSSR count). The number of aromatic nitrogens is 1. The molecule has 1 aliphatic rings. The Balaban J connectivity index is 1.80. The van der Waals surface area contributed by atoms with Crippen molar-refractivity contribution in [2.24, 2.45) is 5.92 Å². The number of carbonyl (C=O) groups excluding carboxylic acids is 1. The Kier molecular flexibility index (Phi) is 6.62. The summed E-state index contributed by atoms with van der Waals surface area (Å²) >= 11 is 0. The van der Waals surface area contributed by atoms with Gasteiger partial charge < -0.3 is 9.64 Å². The summed E-state index contributed by atoms with van der Waals surface area (Å²) in [5.41, 5.74) is 4.99. The van der Waals surface area contributed by atoms with Crippen molar-refractivity contribution in [2.45, 2.75) is 40.0 Å². The molecule has 0 N–H and O–H groups in total. The molecule has 0 spiro atoms. The first kappa shape index (κ1) is 19.6. The zero-order chi connectivity index (χ0) is 19.2. The van der Waals surface area contributed by atoms with Crippen LogP contribution in [0.15, 0.2) is 36.4 Å². The van der Waals surface area contributed by atoms with Crippen molar-refractivity contribution >= 4 is 5.91 Å². The maximum Gasteiger partial charge on any atom is 0.253 e. The van der Waals surface area contributed by atoms with Crippen LogP contribution in [0.1, 0.15) is 48.3 Å². The van der Waals surface area contributed by atoms with E-state index in [1.54, 1.807) is 0 Å². The molecule has 2 aromatic rings. The van der Waals surface area contributed by atoms with Gasteiger partial charge in [0.1, 0.15) is 0 Å². The number of hydrogen-bond donors (Lipinski definition) is 0. The summed E-state index contributed by atoms with van der Waals surface area (Å²) in [7, 11) is 0. The lowest BCUT2D eigenvalue weighted by atomic mass is 9.99. The number of carbonyl (C=O) groups is 1. The van der Waals surface area contributed by atoms with Crippen molar-refractivity contribution in [3.63, 3.8) is 0 Å². The second kappa shape index (κ2) is 9.14. The van der Waals surface area contributed by atoms with E-state index in [2.05, 4.69) is 26.8 Å². The van der Waals surface area contributed by atoms with Gasteiger partial charge in [0, 0.05) is 43.1 Å². The lowest BCUT2D eigenvalue weighted by Gasteiger charge is -2.29. The molecular weight excluding hydrogens is 336 g/mol. The minimum atomic E-state index is 0.105. The third-order valence-corrected chi connectivity index (χ3v) is 5.43. The Morgan fingerprint density at radius 3 is 2.67 bits per heavy atom. The topological polar surface area (TPSA) is 42.4 Å². The van der Waals surface area contributed by atoms with Gasteiger partial charge >= 0.3 is 0 Å². The lowest BCUT2D eigenvalue weighted by Crippen LogP contribution is -2.37. The number of rotatable bonds is 6. The van der Waals surface area contributed by atoms with E-state index in [1.807, 2.05) is 35.2 Å². The molecule has 1 amide bonds. The average Bonchev–Trinajstić information content (AvgIpc) is 2.72. The van der Waals surface area contributed by atoms with E-state index in [4.69, 9.17) is 9.72 Å². The minimum Gasteiger partial charge on any atom is -0.381 e. The minimum absolute atomic E-state index is 0.105. The Bertz CT molecular complexity index is 782. The first-order chi connectivity index (χ1) is 13.1. The normalized spacial score (nSPS) is 14.9.